The summed E-state index contributed by atoms with van der Waals surface area (Å²) in [4.78, 5) is 2.42. The molecule has 0 radical (unpaired) electrons. The highest BCUT2D eigenvalue weighted by Crippen LogP contribution is 2.54. The zero-order chi connectivity index (χ0) is 16.0. The molecular formula is C18H24ClNO3. The number of benzene rings is 1. The Morgan fingerprint density at radius 1 is 1.48 bits per heavy atom. The van der Waals surface area contributed by atoms with E-state index in [0.717, 1.165) is 43.8 Å². The molecule has 0 saturated carbocycles. The van der Waals surface area contributed by atoms with Gasteiger partial charge in [-0.1, -0.05) is 17.7 Å². The fourth-order valence-corrected chi connectivity index (χ4v) is 4.88. The molecule has 4 atom stereocenters. The Morgan fingerprint density at radius 3 is 3.17 bits per heavy atom. The van der Waals surface area contributed by atoms with Gasteiger partial charge in [0.05, 0.1) is 16.7 Å². The number of hydrogen-bond donors (Lipinski definition) is 1. The summed E-state index contributed by atoms with van der Waals surface area (Å²) >= 11 is 6.17. The van der Waals surface area contributed by atoms with Crippen LogP contribution in [-0.2, 0) is 4.74 Å². The van der Waals surface area contributed by atoms with Crippen LogP contribution in [0.25, 0.3) is 0 Å². The zero-order valence-corrected chi connectivity index (χ0v) is 14.3. The number of halogens is 1. The van der Waals surface area contributed by atoms with E-state index >= 15 is 0 Å². The van der Waals surface area contributed by atoms with Crippen molar-refractivity contribution in [1.29, 1.82) is 0 Å². The predicted octanol–water partition coefficient (Wildman–Crippen LogP) is 2.50. The van der Waals surface area contributed by atoms with Gasteiger partial charge >= 0.3 is 0 Å². The van der Waals surface area contributed by atoms with E-state index < -0.39 is 0 Å². The summed E-state index contributed by atoms with van der Waals surface area (Å²) in [5.41, 5.74) is 1.15. The second kappa shape index (κ2) is 5.92. The van der Waals surface area contributed by atoms with Crippen molar-refractivity contribution >= 4 is 11.6 Å². The Bertz CT molecular complexity index is 596. The summed E-state index contributed by atoms with van der Waals surface area (Å²) in [5, 5.41) is 10.3. The Labute approximate surface area is 142 Å². The highest BCUT2D eigenvalue weighted by atomic mass is 35.5. The predicted molar refractivity (Wildman–Crippen MR) is 89.0 cm³/mol. The van der Waals surface area contributed by atoms with E-state index in [1.807, 2.05) is 25.1 Å². The third-order valence-corrected chi connectivity index (χ3v) is 6.13. The van der Waals surface area contributed by atoms with Crippen molar-refractivity contribution in [3.8, 4) is 5.75 Å². The minimum atomic E-state index is -0.000949. The molecule has 5 heteroatoms. The van der Waals surface area contributed by atoms with E-state index in [1.54, 1.807) is 0 Å². The number of nitrogens with zero attached hydrogens (tertiary/aromatic N) is 1. The lowest BCUT2D eigenvalue weighted by Crippen LogP contribution is -2.38. The van der Waals surface area contributed by atoms with Gasteiger partial charge in [0.1, 0.15) is 12.4 Å². The molecule has 1 N–H and O–H groups in total. The molecule has 0 unspecified atom stereocenters. The molecule has 1 aromatic carbocycles. The topological polar surface area (TPSA) is 41.9 Å². The van der Waals surface area contributed by atoms with Crippen molar-refractivity contribution < 1.29 is 14.6 Å². The molecular weight excluding hydrogens is 314 g/mol. The monoisotopic (exact) mass is 337 g/mol. The van der Waals surface area contributed by atoms with E-state index in [0.29, 0.717) is 23.5 Å². The Hall–Kier alpha value is -0.810. The summed E-state index contributed by atoms with van der Waals surface area (Å²) in [6, 6.07) is 5.84. The third kappa shape index (κ3) is 2.66. The van der Waals surface area contributed by atoms with Gasteiger partial charge in [-0.2, -0.15) is 0 Å². The van der Waals surface area contributed by atoms with Gasteiger partial charge in [0.25, 0.3) is 0 Å². The van der Waals surface area contributed by atoms with Crippen molar-refractivity contribution in [2.24, 2.45) is 11.8 Å². The number of rotatable bonds is 5. The maximum Gasteiger partial charge on any atom is 0.138 e. The smallest absolute Gasteiger partial charge is 0.138 e. The number of aliphatic hydroxyl groups excluding tert-OH is 1. The molecule has 3 fully saturated rings. The number of aliphatic hydroxyl groups is 1. The van der Waals surface area contributed by atoms with Crippen LogP contribution in [-0.4, -0.2) is 54.6 Å². The van der Waals surface area contributed by atoms with Crippen molar-refractivity contribution in [3.05, 3.63) is 28.8 Å². The lowest BCUT2D eigenvalue weighted by atomic mass is 9.74. The molecule has 0 amide bonds. The van der Waals surface area contributed by atoms with E-state index in [-0.39, 0.29) is 18.3 Å². The van der Waals surface area contributed by atoms with Gasteiger partial charge in [0.15, 0.2) is 0 Å². The standard InChI is InChI=1S/C18H24ClNO3/c1-12-2-3-15(19)17(8-12)22-7-6-20-9-14-13(10-21)16-4-5-18(14,11-20)23-16/h2-3,8,13-14,16,21H,4-7,9-11H2,1H3/t13-,14+,16+,18+/m0/s1. The molecule has 0 aromatic heterocycles. The number of likely N-dealkylation sites (tertiary alicyclic amines) is 1. The van der Waals surface area contributed by atoms with Crippen molar-refractivity contribution in [2.75, 3.05) is 32.8 Å². The van der Waals surface area contributed by atoms with E-state index in [1.165, 1.54) is 0 Å². The fourth-order valence-electron chi connectivity index (χ4n) is 4.71. The van der Waals surface area contributed by atoms with Crippen LogP contribution in [0.2, 0.25) is 5.02 Å². The Balaban J connectivity index is 1.34. The second-order valence-corrected chi connectivity index (χ2v) is 7.64. The molecule has 23 heavy (non-hydrogen) atoms. The van der Waals surface area contributed by atoms with Gasteiger partial charge in [0, 0.05) is 38.1 Å². The van der Waals surface area contributed by atoms with Gasteiger partial charge < -0.3 is 14.6 Å². The van der Waals surface area contributed by atoms with Crippen LogP contribution in [0.5, 0.6) is 5.75 Å². The van der Waals surface area contributed by atoms with Crippen LogP contribution in [0.3, 0.4) is 0 Å². The average Bonchev–Trinajstić information content (AvgIpc) is 3.17. The van der Waals surface area contributed by atoms with Crippen LogP contribution in [0.1, 0.15) is 18.4 Å². The molecule has 0 aliphatic carbocycles. The summed E-state index contributed by atoms with van der Waals surface area (Å²) in [7, 11) is 0. The van der Waals surface area contributed by atoms with Crippen LogP contribution >= 0.6 is 11.6 Å². The summed E-state index contributed by atoms with van der Waals surface area (Å²) in [6.07, 6.45) is 2.53. The average molecular weight is 338 g/mol. The van der Waals surface area contributed by atoms with Crippen LogP contribution < -0.4 is 4.74 Å². The van der Waals surface area contributed by atoms with Gasteiger partial charge in [-0.25, -0.2) is 0 Å². The minimum absolute atomic E-state index is 0.000949. The summed E-state index contributed by atoms with van der Waals surface area (Å²) in [6.45, 7) is 5.75. The molecule has 3 heterocycles. The molecule has 4 nitrogen and oxygen atoms in total. The first-order valence-corrected chi connectivity index (χ1v) is 8.89. The fraction of sp³-hybridized carbons (Fsp3) is 0.667. The van der Waals surface area contributed by atoms with Crippen LogP contribution in [0.15, 0.2) is 18.2 Å². The Morgan fingerprint density at radius 2 is 2.35 bits per heavy atom. The quantitative estimate of drug-likeness (QED) is 0.896. The molecule has 3 aliphatic heterocycles. The van der Waals surface area contributed by atoms with E-state index in [2.05, 4.69) is 4.90 Å². The number of aryl methyl sites for hydroxylation is 1. The number of ether oxygens (including phenoxy) is 2. The third-order valence-electron chi connectivity index (χ3n) is 5.82. The normalized spacial score (nSPS) is 35.7. The summed E-state index contributed by atoms with van der Waals surface area (Å²) < 4.78 is 12.1. The highest BCUT2D eigenvalue weighted by molar-refractivity contribution is 6.32. The molecule has 126 valence electrons. The van der Waals surface area contributed by atoms with Gasteiger partial charge in [0.2, 0.25) is 0 Å². The van der Waals surface area contributed by atoms with Crippen LogP contribution in [0.4, 0.5) is 0 Å². The maximum atomic E-state index is 9.66. The zero-order valence-electron chi connectivity index (χ0n) is 13.5. The molecule has 3 saturated heterocycles. The van der Waals surface area contributed by atoms with Crippen molar-refractivity contribution in [2.45, 2.75) is 31.5 Å². The van der Waals surface area contributed by atoms with Gasteiger partial charge in [-0.05, 0) is 37.5 Å². The van der Waals surface area contributed by atoms with E-state index in [4.69, 9.17) is 21.1 Å². The molecule has 1 aromatic rings. The number of hydrogen-bond acceptors (Lipinski definition) is 4. The minimum Gasteiger partial charge on any atom is -0.491 e. The lowest BCUT2D eigenvalue weighted by molar-refractivity contribution is 0.000235. The molecule has 3 aliphatic rings. The largest absolute Gasteiger partial charge is 0.491 e. The molecule has 4 rings (SSSR count). The second-order valence-electron chi connectivity index (χ2n) is 7.23. The highest BCUT2D eigenvalue weighted by Gasteiger charge is 2.62. The van der Waals surface area contributed by atoms with Crippen molar-refractivity contribution in [1.82, 2.24) is 4.90 Å². The first-order valence-electron chi connectivity index (χ1n) is 8.51. The summed E-state index contributed by atoms with van der Waals surface area (Å²) in [5.74, 6) is 1.56. The van der Waals surface area contributed by atoms with E-state index in [9.17, 15) is 5.11 Å². The first-order chi connectivity index (χ1) is 11.1. The lowest BCUT2D eigenvalue weighted by Gasteiger charge is -2.28. The SMILES string of the molecule is Cc1ccc(Cl)c(OCCN2C[C@@H]3[C@H](CO)[C@H]4CC[C@]3(C2)O4)c1. The molecule has 2 bridgehead atoms. The van der Waals surface area contributed by atoms with Crippen molar-refractivity contribution in [3.63, 3.8) is 0 Å². The maximum absolute atomic E-state index is 9.66. The number of fused-ring (bicyclic) bond motifs is 1. The first kappa shape index (κ1) is 15.7. The van der Waals surface area contributed by atoms with Gasteiger partial charge in [-0.3, -0.25) is 4.90 Å². The Kier molecular flexibility index (Phi) is 4.04. The molecule has 1 spiro atoms. The van der Waals surface area contributed by atoms with Gasteiger partial charge in [-0.15, -0.1) is 0 Å². The van der Waals surface area contributed by atoms with Crippen LogP contribution in [0, 0.1) is 18.8 Å².